The van der Waals surface area contributed by atoms with Crippen molar-refractivity contribution in [3.8, 4) is 5.75 Å². The monoisotopic (exact) mass is 238 g/mol. The molecule has 0 unspecified atom stereocenters. The molecule has 1 aromatic rings. The number of carboxylic acid groups (broad SMARTS) is 1. The standard InChI is InChI=1S/C8H8O3.C4H6O2/c1-11-8(10)6-4-2-3-5-7(6)9;1-3(2)4(5)6/h2-5,9H,1H3;1H2,2H3,(H,5,6). The number of methoxy groups -OCH3 is 1. The maximum absolute atomic E-state index is 10.9. The number of benzene rings is 1. The first kappa shape index (κ1) is 14.7. The van der Waals surface area contributed by atoms with Gasteiger partial charge in [0.2, 0.25) is 0 Å². The second kappa shape index (κ2) is 7.05. The van der Waals surface area contributed by atoms with Crippen molar-refractivity contribution in [1.29, 1.82) is 0 Å². The first-order valence-corrected chi connectivity index (χ1v) is 4.65. The Kier molecular flexibility index (Phi) is 6.10. The highest BCUT2D eigenvalue weighted by molar-refractivity contribution is 5.92. The third-order valence-electron chi connectivity index (χ3n) is 1.67. The highest BCUT2D eigenvalue weighted by Gasteiger charge is 2.08. The van der Waals surface area contributed by atoms with E-state index in [1.165, 1.54) is 26.2 Å². The minimum absolute atomic E-state index is 0.0562. The number of carbonyl (C=O) groups excluding carboxylic acids is 1. The summed E-state index contributed by atoms with van der Waals surface area (Å²) in [5.41, 5.74) is 0.366. The van der Waals surface area contributed by atoms with E-state index in [2.05, 4.69) is 11.3 Å². The summed E-state index contributed by atoms with van der Waals surface area (Å²) in [5, 5.41) is 17.0. The van der Waals surface area contributed by atoms with Crippen LogP contribution < -0.4 is 0 Å². The van der Waals surface area contributed by atoms with Crippen molar-refractivity contribution < 1.29 is 24.5 Å². The van der Waals surface area contributed by atoms with Crippen molar-refractivity contribution in [2.75, 3.05) is 7.11 Å². The lowest BCUT2D eigenvalue weighted by Gasteiger charge is -1.99. The molecule has 0 aromatic heterocycles. The summed E-state index contributed by atoms with van der Waals surface area (Å²) in [6.45, 7) is 4.60. The van der Waals surface area contributed by atoms with Gasteiger partial charge in [-0.05, 0) is 19.1 Å². The van der Waals surface area contributed by atoms with Crippen molar-refractivity contribution >= 4 is 11.9 Å². The van der Waals surface area contributed by atoms with E-state index in [0.29, 0.717) is 0 Å². The zero-order chi connectivity index (χ0) is 13.4. The Hall–Kier alpha value is -2.30. The van der Waals surface area contributed by atoms with E-state index in [1.54, 1.807) is 12.1 Å². The summed E-state index contributed by atoms with van der Waals surface area (Å²) in [4.78, 5) is 20.5. The maximum Gasteiger partial charge on any atom is 0.341 e. The zero-order valence-corrected chi connectivity index (χ0v) is 9.64. The largest absolute Gasteiger partial charge is 0.507 e. The summed E-state index contributed by atoms with van der Waals surface area (Å²) >= 11 is 0. The number of aromatic hydroxyl groups is 1. The van der Waals surface area contributed by atoms with Gasteiger partial charge in [0.15, 0.2) is 0 Å². The van der Waals surface area contributed by atoms with Crippen LogP contribution in [-0.4, -0.2) is 29.3 Å². The fourth-order valence-corrected chi connectivity index (χ4v) is 0.756. The molecule has 0 aliphatic carbocycles. The third kappa shape index (κ3) is 5.36. The van der Waals surface area contributed by atoms with E-state index in [-0.39, 0.29) is 16.9 Å². The van der Waals surface area contributed by atoms with Gasteiger partial charge in [-0.25, -0.2) is 9.59 Å². The topological polar surface area (TPSA) is 83.8 Å². The molecule has 1 rings (SSSR count). The number of carboxylic acids is 1. The van der Waals surface area contributed by atoms with Crippen LogP contribution in [0.4, 0.5) is 0 Å². The van der Waals surface area contributed by atoms with Crippen LogP contribution in [0.3, 0.4) is 0 Å². The number of phenols is 1. The second-order valence-electron chi connectivity index (χ2n) is 3.09. The number of hydrogen-bond donors (Lipinski definition) is 2. The SMILES string of the molecule is C=C(C)C(=O)O.COC(=O)c1ccccc1O. The van der Waals surface area contributed by atoms with E-state index in [9.17, 15) is 9.59 Å². The lowest BCUT2D eigenvalue weighted by molar-refractivity contribution is -0.132. The Morgan fingerprint density at radius 3 is 2.12 bits per heavy atom. The molecule has 0 atom stereocenters. The van der Waals surface area contributed by atoms with Crippen LogP contribution in [0.5, 0.6) is 5.75 Å². The van der Waals surface area contributed by atoms with Crippen LogP contribution in [0, 0.1) is 0 Å². The lowest BCUT2D eigenvalue weighted by Crippen LogP contribution is -2.00. The fraction of sp³-hybridized carbons (Fsp3) is 0.167. The number of hydrogen-bond acceptors (Lipinski definition) is 4. The lowest BCUT2D eigenvalue weighted by atomic mass is 10.2. The number of para-hydroxylation sites is 1. The molecule has 0 aliphatic rings. The van der Waals surface area contributed by atoms with Crippen LogP contribution >= 0.6 is 0 Å². The predicted molar refractivity (Wildman–Crippen MR) is 61.9 cm³/mol. The number of ether oxygens (including phenoxy) is 1. The number of rotatable bonds is 2. The van der Waals surface area contributed by atoms with E-state index < -0.39 is 11.9 Å². The van der Waals surface area contributed by atoms with Gasteiger partial charge in [-0.15, -0.1) is 0 Å². The van der Waals surface area contributed by atoms with E-state index in [1.807, 2.05) is 0 Å². The third-order valence-corrected chi connectivity index (χ3v) is 1.67. The maximum atomic E-state index is 10.9. The van der Waals surface area contributed by atoms with Gasteiger partial charge in [0.05, 0.1) is 7.11 Å². The fourth-order valence-electron chi connectivity index (χ4n) is 0.756. The molecule has 2 N–H and O–H groups in total. The molecule has 0 amide bonds. The van der Waals surface area contributed by atoms with Gasteiger partial charge in [0.1, 0.15) is 11.3 Å². The van der Waals surface area contributed by atoms with Crippen LogP contribution in [0.15, 0.2) is 36.4 Å². The molecule has 0 spiro atoms. The van der Waals surface area contributed by atoms with Gasteiger partial charge in [0.25, 0.3) is 0 Å². The highest BCUT2D eigenvalue weighted by atomic mass is 16.5. The van der Waals surface area contributed by atoms with Crippen LogP contribution in [0.25, 0.3) is 0 Å². The molecule has 1 aromatic carbocycles. The van der Waals surface area contributed by atoms with Gasteiger partial charge >= 0.3 is 11.9 Å². The van der Waals surface area contributed by atoms with Gasteiger partial charge < -0.3 is 14.9 Å². The summed E-state index contributed by atoms with van der Waals surface area (Å²) in [5.74, 6) is -1.52. The van der Waals surface area contributed by atoms with Crippen molar-refractivity contribution in [3.63, 3.8) is 0 Å². The number of carbonyl (C=O) groups is 2. The molecule has 0 fully saturated rings. The molecule has 0 radical (unpaired) electrons. The average Bonchev–Trinajstić information content (AvgIpc) is 2.29. The Balaban J connectivity index is 0.000000366. The highest BCUT2D eigenvalue weighted by Crippen LogP contribution is 2.15. The summed E-state index contributed by atoms with van der Waals surface area (Å²) in [7, 11) is 1.27. The van der Waals surface area contributed by atoms with E-state index in [4.69, 9.17) is 10.2 Å². The summed E-state index contributed by atoms with van der Waals surface area (Å²) in [6, 6.07) is 6.24. The summed E-state index contributed by atoms with van der Waals surface area (Å²) < 4.78 is 4.42. The molecule has 0 bridgehead atoms. The smallest absolute Gasteiger partial charge is 0.341 e. The molecule has 5 heteroatoms. The Morgan fingerprint density at radius 1 is 1.29 bits per heavy atom. The van der Waals surface area contributed by atoms with Crippen LogP contribution in [0.1, 0.15) is 17.3 Å². The van der Waals surface area contributed by atoms with Crippen molar-refractivity contribution in [1.82, 2.24) is 0 Å². The summed E-state index contributed by atoms with van der Waals surface area (Å²) in [6.07, 6.45) is 0. The van der Waals surface area contributed by atoms with E-state index >= 15 is 0 Å². The number of aliphatic carboxylic acids is 1. The molecule has 0 saturated carbocycles. The Morgan fingerprint density at radius 2 is 1.76 bits per heavy atom. The minimum atomic E-state index is -0.935. The Labute approximate surface area is 99.0 Å². The van der Waals surface area contributed by atoms with Crippen molar-refractivity contribution in [2.45, 2.75) is 6.92 Å². The van der Waals surface area contributed by atoms with Gasteiger partial charge in [-0.3, -0.25) is 0 Å². The Bertz CT molecular complexity index is 411. The molecule has 0 aliphatic heterocycles. The molecular formula is C12H14O5. The predicted octanol–water partition coefficient (Wildman–Crippen LogP) is 1.83. The molecular weight excluding hydrogens is 224 g/mol. The second-order valence-corrected chi connectivity index (χ2v) is 3.09. The van der Waals surface area contributed by atoms with Gasteiger partial charge in [-0.1, -0.05) is 18.7 Å². The molecule has 5 nitrogen and oxygen atoms in total. The molecule has 0 heterocycles. The van der Waals surface area contributed by atoms with Crippen molar-refractivity contribution in [2.24, 2.45) is 0 Å². The molecule has 17 heavy (non-hydrogen) atoms. The minimum Gasteiger partial charge on any atom is -0.507 e. The number of esters is 1. The van der Waals surface area contributed by atoms with Gasteiger partial charge in [-0.2, -0.15) is 0 Å². The quantitative estimate of drug-likeness (QED) is 0.606. The molecule has 0 saturated heterocycles. The first-order valence-electron chi connectivity index (χ1n) is 4.65. The van der Waals surface area contributed by atoms with Gasteiger partial charge in [0, 0.05) is 5.57 Å². The zero-order valence-electron chi connectivity index (χ0n) is 9.64. The molecule has 92 valence electrons. The number of phenolic OH excluding ortho intramolecular Hbond substituents is 1. The van der Waals surface area contributed by atoms with Crippen molar-refractivity contribution in [3.05, 3.63) is 42.0 Å². The van der Waals surface area contributed by atoms with Crippen LogP contribution in [0.2, 0.25) is 0 Å². The first-order chi connectivity index (χ1) is 7.90. The average molecular weight is 238 g/mol. The normalized spacial score (nSPS) is 8.59. The van der Waals surface area contributed by atoms with Crippen LogP contribution in [-0.2, 0) is 9.53 Å². The van der Waals surface area contributed by atoms with E-state index in [0.717, 1.165) is 0 Å².